The van der Waals surface area contributed by atoms with Crippen LogP contribution in [0.3, 0.4) is 0 Å². The molecule has 0 aliphatic carbocycles. The fourth-order valence-corrected chi connectivity index (χ4v) is 2.08. The van der Waals surface area contributed by atoms with E-state index >= 15 is 0 Å². The molecule has 0 spiro atoms. The smallest absolute Gasteiger partial charge is 0.306 e. The number of amides is 2. The summed E-state index contributed by atoms with van der Waals surface area (Å²) in [5.74, 6) is -1.38. The molecule has 1 atom stereocenters. The van der Waals surface area contributed by atoms with E-state index in [0.717, 1.165) is 5.01 Å². The van der Waals surface area contributed by atoms with Gasteiger partial charge in [-0.2, -0.15) is 0 Å². The molecule has 2 saturated heterocycles. The summed E-state index contributed by atoms with van der Waals surface area (Å²) in [6.07, 6.45) is -0.116. The Balaban J connectivity index is 1.99. The van der Waals surface area contributed by atoms with Crippen LogP contribution in [0, 0.1) is 0 Å². The van der Waals surface area contributed by atoms with Crippen LogP contribution in [0.1, 0.15) is 19.3 Å². The number of carboxylic acids is 1. The summed E-state index contributed by atoms with van der Waals surface area (Å²) in [4.78, 5) is 33.6. The van der Waals surface area contributed by atoms with Gasteiger partial charge in [-0.3, -0.25) is 14.4 Å². The minimum Gasteiger partial charge on any atom is -0.481 e. The maximum atomic E-state index is 11.5. The number of nitrogens with zero attached hydrogens (tertiary/aromatic N) is 2. The molecule has 2 heterocycles. The van der Waals surface area contributed by atoms with E-state index in [4.69, 9.17) is 9.84 Å². The van der Waals surface area contributed by atoms with Gasteiger partial charge in [0.15, 0.2) is 0 Å². The summed E-state index contributed by atoms with van der Waals surface area (Å²) in [6, 6.07) is 0. The Labute approximate surface area is 97.9 Å². The van der Waals surface area contributed by atoms with Gasteiger partial charge in [-0.1, -0.05) is 0 Å². The van der Waals surface area contributed by atoms with E-state index in [0.29, 0.717) is 13.2 Å². The van der Waals surface area contributed by atoms with Crippen LogP contribution in [-0.2, 0) is 19.1 Å². The molecule has 2 aliphatic heterocycles. The Hall–Kier alpha value is -1.47. The average Bonchev–Trinajstić information content (AvgIpc) is 2.58. The molecule has 2 aliphatic rings. The number of carboxylic acid groups (broad SMARTS) is 1. The van der Waals surface area contributed by atoms with Crippen LogP contribution in [0.25, 0.3) is 0 Å². The van der Waals surface area contributed by atoms with Crippen molar-refractivity contribution in [1.29, 1.82) is 0 Å². The van der Waals surface area contributed by atoms with Gasteiger partial charge in [0.25, 0.3) is 0 Å². The van der Waals surface area contributed by atoms with Crippen LogP contribution in [-0.4, -0.2) is 58.7 Å². The number of carbonyl (C=O) groups is 3. The van der Waals surface area contributed by atoms with Gasteiger partial charge < -0.3 is 9.84 Å². The van der Waals surface area contributed by atoms with Gasteiger partial charge in [0.05, 0.1) is 19.1 Å². The van der Waals surface area contributed by atoms with E-state index in [1.807, 2.05) is 0 Å². The molecule has 0 radical (unpaired) electrons. The van der Waals surface area contributed by atoms with Gasteiger partial charge in [-0.15, -0.1) is 0 Å². The average molecular weight is 242 g/mol. The number of ether oxygens (including phenoxy) is 1. The second-order valence-corrected chi connectivity index (χ2v) is 4.10. The van der Waals surface area contributed by atoms with E-state index in [1.165, 1.54) is 0 Å². The van der Waals surface area contributed by atoms with Crippen LogP contribution < -0.4 is 0 Å². The van der Waals surface area contributed by atoms with Gasteiger partial charge in [0.2, 0.25) is 11.8 Å². The first-order valence-corrected chi connectivity index (χ1v) is 5.52. The zero-order valence-corrected chi connectivity index (χ0v) is 9.29. The molecule has 1 unspecified atom stereocenters. The zero-order valence-electron chi connectivity index (χ0n) is 9.29. The van der Waals surface area contributed by atoms with Crippen molar-refractivity contribution in [2.75, 3.05) is 19.7 Å². The first kappa shape index (κ1) is 12.0. The van der Waals surface area contributed by atoms with Crippen molar-refractivity contribution in [2.24, 2.45) is 0 Å². The monoisotopic (exact) mass is 242 g/mol. The van der Waals surface area contributed by atoms with Crippen molar-refractivity contribution >= 4 is 17.8 Å². The third-order valence-electron chi connectivity index (χ3n) is 2.83. The molecule has 2 fully saturated rings. The first-order valence-electron chi connectivity index (χ1n) is 5.52. The van der Waals surface area contributed by atoms with E-state index in [9.17, 15) is 14.4 Å². The molecular weight excluding hydrogens is 228 g/mol. The van der Waals surface area contributed by atoms with E-state index in [1.54, 1.807) is 5.01 Å². The van der Waals surface area contributed by atoms with Crippen molar-refractivity contribution < 1.29 is 24.2 Å². The molecule has 0 saturated carbocycles. The number of aliphatic carboxylic acids is 1. The van der Waals surface area contributed by atoms with Gasteiger partial charge in [-0.05, 0) is 0 Å². The molecule has 0 aromatic carbocycles. The highest BCUT2D eigenvalue weighted by atomic mass is 16.5. The molecule has 1 N–H and O–H groups in total. The van der Waals surface area contributed by atoms with Gasteiger partial charge in [-0.25, -0.2) is 10.0 Å². The lowest BCUT2D eigenvalue weighted by molar-refractivity contribution is -0.170. The lowest BCUT2D eigenvalue weighted by Gasteiger charge is -2.36. The summed E-state index contributed by atoms with van der Waals surface area (Å²) in [6.45, 7) is 1.03. The Morgan fingerprint density at radius 3 is 2.59 bits per heavy atom. The maximum Gasteiger partial charge on any atom is 0.306 e. The highest BCUT2D eigenvalue weighted by Gasteiger charge is 2.36. The van der Waals surface area contributed by atoms with Crippen molar-refractivity contribution in [3.05, 3.63) is 0 Å². The largest absolute Gasteiger partial charge is 0.481 e. The third kappa shape index (κ3) is 2.62. The van der Waals surface area contributed by atoms with E-state index < -0.39 is 12.1 Å². The van der Waals surface area contributed by atoms with Gasteiger partial charge >= 0.3 is 5.97 Å². The molecule has 94 valence electrons. The normalized spacial score (nSPS) is 26.6. The third-order valence-corrected chi connectivity index (χ3v) is 2.83. The Morgan fingerprint density at radius 2 is 2.00 bits per heavy atom. The highest BCUT2D eigenvalue weighted by Crippen LogP contribution is 2.18. The molecule has 0 aromatic rings. The SMILES string of the molecule is O=C(O)CC1CN(N2C(=O)CCC2=O)CCO1. The number of rotatable bonds is 3. The molecule has 0 bridgehead atoms. The Bertz CT molecular complexity index is 341. The molecule has 0 aromatic heterocycles. The van der Waals surface area contributed by atoms with Crippen LogP contribution in [0.4, 0.5) is 0 Å². The van der Waals surface area contributed by atoms with Crippen LogP contribution in [0.5, 0.6) is 0 Å². The minimum absolute atomic E-state index is 0.118. The number of carbonyl (C=O) groups excluding carboxylic acids is 2. The predicted octanol–water partition coefficient (Wildman–Crippen LogP) is -0.774. The predicted molar refractivity (Wildman–Crippen MR) is 54.7 cm³/mol. The second kappa shape index (κ2) is 4.80. The zero-order chi connectivity index (χ0) is 12.4. The van der Waals surface area contributed by atoms with Gasteiger partial charge in [0, 0.05) is 25.9 Å². The van der Waals surface area contributed by atoms with Crippen LogP contribution in [0.15, 0.2) is 0 Å². The highest BCUT2D eigenvalue weighted by molar-refractivity contribution is 6.01. The van der Waals surface area contributed by atoms with Crippen molar-refractivity contribution in [3.8, 4) is 0 Å². The quantitative estimate of drug-likeness (QED) is 0.654. The lowest BCUT2D eigenvalue weighted by atomic mass is 10.2. The molecule has 7 nitrogen and oxygen atoms in total. The molecule has 7 heteroatoms. The topological polar surface area (TPSA) is 87.2 Å². The second-order valence-electron chi connectivity index (χ2n) is 4.10. The first-order chi connectivity index (χ1) is 8.08. The van der Waals surface area contributed by atoms with Crippen molar-refractivity contribution in [3.63, 3.8) is 0 Å². The maximum absolute atomic E-state index is 11.5. The standard InChI is InChI=1S/C10H14N2O5/c13-8-1-2-9(14)12(8)11-3-4-17-7(6-11)5-10(15)16/h7H,1-6H2,(H,15,16). The van der Waals surface area contributed by atoms with Crippen molar-refractivity contribution in [1.82, 2.24) is 10.0 Å². The molecule has 2 rings (SSSR count). The number of hydrogen-bond acceptors (Lipinski definition) is 5. The Morgan fingerprint density at radius 1 is 1.35 bits per heavy atom. The summed E-state index contributed by atoms with van der Waals surface area (Å²) in [5, 5.41) is 11.4. The fraction of sp³-hybridized carbons (Fsp3) is 0.700. The molecule has 17 heavy (non-hydrogen) atoms. The van der Waals surface area contributed by atoms with E-state index in [-0.39, 0.29) is 37.6 Å². The van der Waals surface area contributed by atoms with Crippen LogP contribution in [0.2, 0.25) is 0 Å². The minimum atomic E-state index is -0.948. The summed E-state index contributed by atoms with van der Waals surface area (Å²) >= 11 is 0. The number of morpholine rings is 1. The summed E-state index contributed by atoms with van der Waals surface area (Å²) < 4.78 is 5.28. The van der Waals surface area contributed by atoms with Crippen molar-refractivity contribution in [2.45, 2.75) is 25.4 Å². The number of hydrazine groups is 1. The van der Waals surface area contributed by atoms with Gasteiger partial charge in [0.1, 0.15) is 0 Å². The lowest BCUT2D eigenvalue weighted by Crippen LogP contribution is -2.54. The van der Waals surface area contributed by atoms with E-state index in [2.05, 4.69) is 0 Å². The molecule has 2 amide bonds. The number of imide groups is 1. The summed E-state index contributed by atoms with van der Waals surface area (Å²) in [5.41, 5.74) is 0. The molecular formula is C10H14N2O5. The fourth-order valence-electron chi connectivity index (χ4n) is 2.08. The number of hydrogen-bond donors (Lipinski definition) is 1. The Kier molecular flexibility index (Phi) is 3.39. The summed E-state index contributed by atoms with van der Waals surface area (Å²) in [7, 11) is 0. The van der Waals surface area contributed by atoms with Crippen LogP contribution >= 0.6 is 0 Å².